The zero-order valence-corrected chi connectivity index (χ0v) is 8.99. The van der Waals surface area contributed by atoms with Gasteiger partial charge in [-0.2, -0.15) is 4.98 Å². The van der Waals surface area contributed by atoms with Crippen LogP contribution in [0.4, 0.5) is 0 Å². The van der Waals surface area contributed by atoms with E-state index in [2.05, 4.69) is 15.5 Å². The van der Waals surface area contributed by atoms with Gasteiger partial charge in [0.1, 0.15) is 0 Å². The summed E-state index contributed by atoms with van der Waals surface area (Å²) in [6, 6.07) is -0.283. The molecule has 0 aromatic carbocycles. The Hall–Kier alpha value is -1.43. The largest absolute Gasteiger partial charge is 0.368 e. The lowest BCUT2D eigenvalue weighted by Crippen LogP contribution is -2.41. The molecule has 1 amide bonds. The fourth-order valence-electron chi connectivity index (χ4n) is 1.24. The smallest absolute Gasteiger partial charge is 0.234 e. The fourth-order valence-corrected chi connectivity index (χ4v) is 1.24. The van der Waals surface area contributed by atoms with Crippen LogP contribution in [-0.2, 0) is 11.2 Å². The lowest BCUT2D eigenvalue weighted by atomic mass is 10.2. The molecule has 0 aliphatic rings. The Morgan fingerprint density at radius 1 is 1.67 bits per heavy atom. The third-order valence-corrected chi connectivity index (χ3v) is 2.05. The summed E-state index contributed by atoms with van der Waals surface area (Å²) in [6.07, 6.45) is 1.28. The second kappa shape index (κ2) is 5.45. The number of rotatable bonds is 6. The molecule has 0 bridgehead atoms. The standard InChI is InChI=1S/C9H16N4O2/c1-3-7(9(10)14)11-5-4-8-12-6(2)13-15-8/h7,11H,3-5H2,1-2H3,(H2,10,14). The number of nitrogens with one attached hydrogen (secondary N) is 1. The predicted molar refractivity (Wildman–Crippen MR) is 54.0 cm³/mol. The van der Waals surface area contributed by atoms with Gasteiger partial charge in [-0.1, -0.05) is 12.1 Å². The van der Waals surface area contributed by atoms with Gasteiger partial charge in [-0.05, 0) is 13.3 Å². The van der Waals surface area contributed by atoms with E-state index in [9.17, 15) is 4.79 Å². The van der Waals surface area contributed by atoms with Crippen LogP contribution in [0.2, 0.25) is 0 Å². The summed E-state index contributed by atoms with van der Waals surface area (Å²) >= 11 is 0. The van der Waals surface area contributed by atoms with Crippen molar-refractivity contribution in [3.05, 3.63) is 11.7 Å². The van der Waals surface area contributed by atoms with Crippen molar-refractivity contribution < 1.29 is 9.32 Å². The van der Waals surface area contributed by atoms with E-state index in [0.29, 0.717) is 31.1 Å². The van der Waals surface area contributed by atoms with E-state index < -0.39 is 0 Å². The highest BCUT2D eigenvalue weighted by Crippen LogP contribution is 1.96. The topological polar surface area (TPSA) is 94.0 Å². The van der Waals surface area contributed by atoms with Crippen molar-refractivity contribution in [1.29, 1.82) is 0 Å². The van der Waals surface area contributed by atoms with Crippen molar-refractivity contribution >= 4 is 5.91 Å². The average molecular weight is 212 g/mol. The van der Waals surface area contributed by atoms with Gasteiger partial charge in [-0.15, -0.1) is 0 Å². The van der Waals surface area contributed by atoms with Crippen molar-refractivity contribution in [3.63, 3.8) is 0 Å². The predicted octanol–water partition coefficient (Wildman–Crippen LogP) is -0.226. The van der Waals surface area contributed by atoms with Crippen molar-refractivity contribution in [2.45, 2.75) is 32.7 Å². The summed E-state index contributed by atoms with van der Waals surface area (Å²) in [4.78, 5) is 14.9. The van der Waals surface area contributed by atoms with E-state index >= 15 is 0 Å². The molecule has 15 heavy (non-hydrogen) atoms. The first-order valence-corrected chi connectivity index (χ1v) is 4.95. The Balaban J connectivity index is 2.29. The van der Waals surface area contributed by atoms with E-state index in [1.807, 2.05) is 6.92 Å². The summed E-state index contributed by atoms with van der Waals surface area (Å²) in [5.41, 5.74) is 5.18. The van der Waals surface area contributed by atoms with Gasteiger partial charge in [0.2, 0.25) is 11.8 Å². The van der Waals surface area contributed by atoms with Crippen molar-refractivity contribution in [3.8, 4) is 0 Å². The summed E-state index contributed by atoms with van der Waals surface area (Å²) < 4.78 is 4.92. The summed E-state index contributed by atoms with van der Waals surface area (Å²) in [7, 11) is 0. The van der Waals surface area contributed by atoms with Crippen LogP contribution in [0, 0.1) is 6.92 Å². The number of nitrogens with two attached hydrogens (primary N) is 1. The Kier molecular flexibility index (Phi) is 4.23. The molecule has 0 saturated carbocycles. The van der Waals surface area contributed by atoms with E-state index in [0.717, 1.165) is 0 Å². The summed E-state index contributed by atoms with van der Waals surface area (Å²) in [6.45, 7) is 4.26. The second-order valence-electron chi connectivity index (χ2n) is 3.30. The van der Waals surface area contributed by atoms with Gasteiger partial charge in [0.25, 0.3) is 0 Å². The first kappa shape index (κ1) is 11.6. The van der Waals surface area contributed by atoms with Gasteiger partial charge in [-0.25, -0.2) is 0 Å². The number of primary amides is 1. The molecule has 1 aromatic heterocycles. The van der Waals surface area contributed by atoms with Crippen LogP contribution in [0.25, 0.3) is 0 Å². The van der Waals surface area contributed by atoms with Gasteiger partial charge in [-0.3, -0.25) is 4.79 Å². The van der Waals surface area contributed by atoms with E-state index in [1.54, 1.807) is 6.92 Å². The zero-order chi connectivity index (χ0) is 11.3. The van der Waals surface area contributed by atoms with Crippen LogP contribution in [-0.4, -0.2) is 28.6 Å². The molecule has 1 unspecified atom stereocenters. The first-order valence-electron chi connectivity index (χ1n) is 4.95. The van der Waals surface area contributed by atoms with Crippen molar-refractivity contribution in [2.75, 3.05) is 6.54 Å². The molecule has 0 aliphatic carbocycles. The second-order valence-corrected chi connectivity index (χ2v) is 3.30. The summed E-state index contributed by atoms with van der Waals surface area (Å²) in [5.74, 6) is 0.852. The van der Waals surface area contributed by atoms with E-state index in [1.165, 1.54) is 0 Å². The molecular weight excluding hydrogens is 196 g/mol. The Morgan fingerprint density at radius 2 is 2.40 bits per heavy atom. The lowest BCUT2D eigenvalue weighted by molar-refractivity contribution is -0.120. The molecule has 0 aliphatic heterocycles. The van der Waals surface area contributed by atoms with Crippen molar-refractivity contribution in [2.24, 2.45) is 5.73 Å². The Labute approximate surface area is 88.2 Å². The van der Waals surface area contributed by atoms with Gasteiger partial charge in [0.05, 0.1) is 6.04 Å². The van der Waals surface area contributed by atoms with Crippen LogP contribution < -0.4 is 11.1 Å². The molecule has 6 nitrogen and oxygen atoms in total. The minimum Gasteiger partial charge on any atom is -0.368 e. The molecule has 84 valence electrons. The molecule has 0 fully saturated rings. The Morgan fingerprint density at radius 3 is 2.87 bits per heavy atom. The molecule has 1 aromatic rings. The number of aryl methyl sites for hydroxylation is 1. The molecule has 6 heteroatoms. The number of amides is 1. The monoisotopic (exact) mass is 212 g/mol. The molecule has 1 atom stereocenters. The summed E-state index contributed by atoms with van der Waals surface area (Å²) in [5, 5.41) is 6.69. The number of nitrogens with zero attached hydrogens (tertiary/aromatic N) is 2. The van der Waals surface area contributed by atoms with E-state index in [4.69, 9.17) is 10.3 Å². The minimum atomic E-state index is -0.334. The minimum absolute atomic E-state index is 0.283. The van der Waals surface area contributed by atoms with Gasteiger partial charge in [0, 0.05) is 13.0 Å². The molecule has 0 spiro atoms. The highest BCUT2D eigenvalue weighted by molar-refractivity contribution is 5.79. The maximum absolute atomic E-state index is 10.9. The number of carbonyl (C=O) groups excluding carboxylic acids is 1. The molecule has 0 radical (unpaired) electrons. The van der Waals surface area contributed by atoms with Gasteiger partial charge in [0.15, 0.2) is 5.82 Å². The number of carbonyl (C=O) groups is 1. The maximum Gasteiger partial charge on any atom is 0.234 e. The third kappa shape index (κ3) is 3.67. The lowest BCUT2D eigenvalue weighted by Gasteiger charge is -2.11. The number of hydrogen-bond donors (Lipinski definition) is 2. The molecule has 0 saturated heterocycles. The van der Waals surface area contributed by atoms with Crippen LogP contribution in [0.1, 0.15) is 25.1 Å². The molecule has 1 heterocycles. The van der Waals surface area contributed by atoms with Crippen molar-refractivity contribution in [1.82, 2.24) is 15.5 Å². The maximum atomic E-state index is 10.9. The quantitative estimate of drug-likeness (QED) is 0.679. The van der Waals surface area contributed by atoms with E-state index in [-0.39, 0.29) is 11.9 Å². The van der Waals surface area contributed by atoms with Crippen LogP contribution in [0.15, 0.2) is 4.52 Å². The number of hydrogen-bond acceptors (Lipinski definition) is 5. The van der Waals surface area contributed by atoms with Crippen LogP contribution in [0.3, 0.4) is 0 Å². The SMILES string of the molecule is CCC(NCCc1nc(C)no1)C(N)=O. The molecule has 1 rings (SSSR count). The number of aromatic nitrogens is 2. The normalized spacial score (nSPS) is 12.7. The molecular formula is C9H16N4O2. The zero-order valence-electron chi connectivity index (χ0n) is 8.99. The third-order valence-electron chi connectivity index (χ3n) is 2.05. The highest BCUT2D eigenvalue weighted by atomic mass is 16.5. The first-order chi connectivity index (χ1) is 7.13. The average Bonchev–Trinajstić information content (AvgIpc) is 2.58. The Bertz CT molecular complexity index is 324. The van der Waals surface area contributed by atoms with Crippen LogP contribution in [0.5, 0.6) is 0 Å². The molecule has 3 N–H and O–H groups in total. The van der Waals surface area contributed by atoms with Gasteiger partial charge < -0.3 is 15.6 Å². The van der Waals surface area contributed by atoms with Gasteiger partial charge >= 0.3 is 0 Å². The van der Waals surface area contributed by atoms with Crippen LogP contribution >= 0.6 is 0 Å². The highest BCUT2D eigenvalue weighted by Gasteiger charge is 2.11. The fraction of sp³-hybridized carbons (Fsp3) is 0.667.